The van der Waals surface area contributed by atoms with Crippen molar-refractivity contribution in [3.8, 4) is 0 Å². The summed E-state index contributed by atoms with van der Waals surface area (Å²) >= 11 is 0. The predicted molar refractivity (Wildman–Crippen MR) is 67.6 cm³/mol. The predicted octanol–water partition coefficient (Wildman–Crippen LogP) is 1.78. The molecule has 0 aliphatic rings. The van der Waals surface area contributed by atoms with Gasteiger partial charge in [-0.15, -0.1) is 0 Å². The number of nitrogens with zero attached hydrogens (tertiary/aromatic N) is 1. The first-order valence-electron chi connectivity index (χ1n) is 5.73. The molecule has 0 heterocycles. The Labute approximate surface area is 98.7 Å². The summed E-state index contributed by atoms with van der Waals surface area (Å²) in [5.41, 5.74) is -0.156. The molecule has 0 aliphatic heterocycles. The molecule has 0 saturated heterocycles. The van der Waals surface area contributed by atoms with Gasteiger partial charge in [0.15, 0.2) is 15.3 Å². The van der Waals surface area contributed by atoms with Crippen LogP contribution in [0.4, 0.5) is 0 Å². The van der Waals surface area contributed by atoms with Crippen molar-refractivity contribution in [2.45, 2.75) is 51.9 Å². The van der Waals surface area contributed by atoms with Crippen molar-refractivity contribution in [1.29, 1.82) is 0 Å². The van der Waals surface area contributed by atoms with Crippen LogP contribution in [0.25, 0.3) is 0 Å². The Bertz CT molecular complexity index is 303. The lowest BCUT2D eigenvalue weighted by Gasteiger charge is -2.06. The van der Waals surface area contributed by atoms with Crippen LogP contribution in [0.2, 0.25) is 0 Å². The van der Waals surface area contributed by atoms with E-state index in [1.165, 1.54) is 6.92 Å². The Morgan fingerprint density at radius 1 is 1.19 bits per heavy atom. The normalized spacial score (nSPS) is 13.5. The monoisotopic (exact) mass is 249 g/mol. The zero-order chi connectivity index (χ0) is 12.6. The zero-order valence-corrected chi connectivity index (χ0v) is 11.3. The third-order valence-corrected chi connectivity index (χ3v) is 4.18. The summed E-state index contributed by atoms with van der Waals surface area (Å²) in [6.07, 6.45) is 3.50. The van der Waals surface area contributed by atoms with Crippen LogP contribution in [-0.2, 0) is 9.84 Å². The number of aliphatic hydroxyl groups is 1. The molecule has 5 heteroatoms. The molecule has 0 radical (unpaired) electrons. The smallest absolute Gasteiger partial charge is 0.176 e. The molecule has 1 unspecified atom stereocenters. The molecule has 0 saturated carbocycles. The average Bonchev–Trinajstić information content (AvgIpc) is 2.15. The molecule has 0 spiro atoms. The van der Waals surface area contributed by atoms with Gasteiger partial charge in [-0.25, -0.2) is 8.42 Å². The van der Waals surface area contributed by atoms with Gasteiger partial charge in [-0.3, -0.25) is 4.99 Å². The number of unbranched alkanes of at least 4 members (excludes halogenated alkanes) is 3. The molecule has 0 amide bonds. The van der Waals surface area contributed by atoms with Crippen molar-refractivity contribution >= 4 is 15.5 Å². The number of aliphatic imine (C=N–C) groups is 1. The largest absolute Gasteiger partial charge is 0.377 e. The number of sulfone groups is 1. The number of hydrogen-bond acceptors (Lipinski definition) is 4. The summed E-state index contributed by atoms with van der Waals surface area (Å²) < 4.78 is 22.5. The fourth-order valence-corrected chi connectivity index (χ4v) is 2.19. The summed E-state index contributed by atoms with van der Waals surface area (Å²) in [7, 11) is -3.28. The first kappa shape index (κ1) is 15.6. The van der Waals surface area contributed by atoms with Gasteiger partial charge in [0.05, 0.1) is 5.75 Å². The number of hydrogen-bond donors (Lipinski definition) is 1. The molecule has 0 rings (SSSR count). The lowest BCUT2D eigenvalue weighted by Crippen LogP contribution is -2.20. The molecule has 0 aliphatic carbocycles. The Hall–Kier alpha value is -0.420. The van der Waals surface area contributed by atoms with Crippen LogP contribution in [0.15, 0.2) is 4.99 Å². The van der Waals surface area contributed by atoms with Crippen LogP contribution in [0.3, 0.4) is 0 Å². The second-order valence-electron chi connectivity index (χ2n) is 4.21. The third-order valence-electron chi connectivity index (χ3n) is 2.28. The molecule has 96 valence electrons. The first-order valence-corrected chi connectivity index (χ1v) is 7.45. The maximum absolute atomic E-state index is 11.2. The molecule has 0 aromatic heterocycles. The van der Waals surface area contributed by atoms with Crippen molar-refractivity contribution in [3.63, 3.8) is 0 Å². The van der Waals surface area contributed by atoms with E-state index >= 15 is 0 Å². The molecule has 0 bridgehead atoms. The molecule has 0 fully saturated rings. The highest BCUT2D eigenvalue weighted by Gasteiger charge is 2.16. The fourth-order valence-electron chi connectivity index (χ4n) is 1.24. The Balaban J connectivity index is 3.52. The lowest BCUT2D eigenvalue weighted by molar-refractivity contribution is 0.268. The van der Waals surface area contributed by atoms with E-state index in [1.807, 2.05) is 13.8 Å². The van der Waals surface area contributed by atoms with E-state index in [0.717, 1.165) is 31.5 Å². The van der Waals surface area contributed by atoms with E-state index in [1.54, 1.807) is 0 Å². The van der Waals surface area contributed by atoms with Gasteiger partial charge in [0, 0.05) is 12.3 Å². The van der Waals surface area contributed by atoms with Gasteiger partial charge in [-0.2, -0.15) is 0 Å². The van der Waals surface area contributed by atoms with Crippen molar-refractivity contribution in [3.05, 3.63) is 0 Å². The van der Waals surface area contributed by atoms with Gasteiger partial charge in [0.25, 0.3) is 0 Å². The molecule has 1 atom stereocenters. The molecule has 16 heavy (non-hydrogen) atoms. The molecular weight excluding hydrogens is 226 g/mol. The summed E-state index contributed by atoms with van der Waals surface area (Å²) in [5, 5.41) is 8.98. The van der Waals surface area contributed by atoms with Crippen molar-refractivity contribution in [2.75, 3.05) is 12.3 Å². The van der Waals surface area contributed by atoms with Crippen LogP contribution in [0.1, 0.15) is 46.5 Å². The Morgan fingerprint density at radius 2 is 1.75 bits per heavy atom. The number of aliphatic hydroxyl groups excluding tert-OH is 1. The quantitative estimate of drug-likeness (QED) is 0.526. The van der Waals surface area contributed by atoms with Crippen LogP contribution in [-0.4, -0.2) is 37.0 Å². The Kier molecular flexibility index (Phi) is 7.58. The van der Waals surface area contributed by atoms with E-state index in [9.17, 15) is 8.42 Å². The van der Waals surface area contributed by atoms with Crippen LogP contribution in [0.5, 0.6) is 0 Å². The summed E-state index contributed by atoms with van der Waals surface area (Å²) in [6, 6.07) is 0. The third kappa shape index (κ3) is 7.82. The second kappa shape index (κ2) is 7.79. The number of rotatable bonds is 8. The van der Waals surface area contributed by atoms with Gasteiger partial charge in [0.2, 0.25) is 0 Å². The maximum atomic E-state index is 11.2. The highest BCUT2D eigenvalue weighted by molar-refractivity contribution is 7.91. The summed E-state index contributed by atoms with van der Waals surface area (Å²) in [5.74, 6) is 0.0841. The van der Waals surface area contributed by atoms with Gasteiger partial charge in [-0.05, 0) is 33.6 Å². The van der Waals surface area contributed by atoms with Crippen LogP contribution >= 0.6 is 0 Å². The van der Waals surface area contributed by atoms with Crippen molar-refractivity contribution < 1.29 is 13.5 Å². The topological polar surface area (TPSA) is 66.7 Å². The van der Waals surface area contributed by atoms with E-state index in [2.05, 4.69) is 4.99 Å². The zero-order valence-electron chi connectivity index (χ0n) is 10.4. The minimum Gasteiger partial charge on any atom is -0.377 e. The van der Waals surface area contributed by atoms with E-state index in [4.69, 9.17) is 5.11 Å². The van der Waals surface area contributed by atoms with Crippen LogP contribution in [0, 0.1) is 0 Å². The summed E-state index contributed by atoms with van der Waals surface area (Å²) in [6.45, 7) is 6.06. The standard InChI is InChI=1S/C11H23NO3S/c1-10(2)12-8-6-4-5-7-9-16(14,15)11(3)13/h11,13H,4-9H2,1-3H3. The van der Waals surface area contributed by atoms with E-state index < -0.39 is 15.3 Å². The summed E-state index contributed by atoms with van der Waals surface area (Å²) in [4.78, 5) is 4.26. The van der Waals surface area contributed by atoms with E-state index in [0.29, 0.717) is 6.42 Å². The van der Waals surface area contributed by atoms with Gasteiger partial charge < -0.3 is 5.11 Å². The second-order valence-corrected chi connectivity index (χ2v) is 6.63. The highest BCUT2D eigenvalue weighted by atomic mass is 32.2. The van der Waals surface area contributed by atoms with E-state index in [-0.39, 0.29) is 5.75 Å². The minimum absolute atomic E-state index is 0.0841. The fraction of sp³-hybridized carbons (Fsp3) is 0.909. The van der Waals surface area contributed by atoms with Crippen molar-refractivity contribution in [1.82, 2.24) is 0 Å². The molecular formula is C11H23NO3S. The van der Waals surface area contributed by atoms with Crippen LogP contribution < -0.4 is 0 Å². The van der Waals surface area contributed by atoms with Crippen molar-refractivity contribution in [2.24, 2.45) is 4.99 Å². The molecule has 1 N–H and O–H groups in total. The minimum atomic E-state index is -3.28. The highest BCUT2D eigenvalue weighted by Crippen LogP contribution is 2.06. The van der Waals surface area contributed by atoms with Gasteiger partial charge >= 0.3 is 0 Å². The van der Waals surface area contributed by atoms with Gasteiger partial charge in [0.1, 0.15) is 0 Å². The molecule has 0 aromatic carbocycles. The maximum Gasteiger partial charge on any atom is 0.176 e. The SMILES string of the molecule is CC(C)=NCCCCCCS(=O)(=O)C(C)O. The lowest BCUT2D eigenvalue weighted by atomic mass is 10.2. The Morgan fingerprint density at radius 3 is 2.25 bits per heavy atom. The molecule has 0 aromatic rings. The van der Waals surface area contributed by atoms with Gasteiger partial charge in [-0.1, -0.05) is 12.8 Å². The first-order chi connectivity index (χ1) is 7.36. The molecule has 4 nitrogen and oxygen atoms in total. The average molecular weight is 249 g/mol.